The first-order valence-electron chi connectivity index (χ1n) is 6.00. The van der Waals surface area contributed by atoms with Crippen LogP contribution in [0, 0.1) is 0 Å². The molecule has 0 aliphatic heterocycles. The van der Waals surface area contributed by atoms with Crippen LogP contribution in [-0.2, 0) is 0 Å². The van der Waals surface area contributed by atoms with Gasteiger partial charge in [-0.25, -0.2) is 4.98 Å². The molecular formula is C13H14N4O2S. The van der Waals surface area contributed by atoms with Crippen LogP contribution in [0.3, 0.4) is 0 Å². The number of carbonyl (C=O) groups is 2. The van der Waals surface area contributed by atoms with Gasteiger partial charge in [0.2, 0.25) is 0 Å². The molecule has 6 nitrogen and oxygen atoms in total. The van der Waals surface area contributed by atoms with Crippen LogP contribution in [0.15, 0.2) is 29.6 Å². The number of hydrogen-bond donors (Lipinski definition) is 3. The lowest BCUT2D eigenvalue weighted by Gasteiger charge is -2.05. The maximum atomic E-state index is 11.8. The molecule has 0 fully saturated rings. The minimum Gasteiger partial charge on any atom is -0.375 e. The summed E-state index contributed by atoms with van der Waals surface area (Å²) in [6.07, 6.45) is 0. The van der Waals surface area contributed by atoms with Gasteiger partial charge in [0.25, 0.3) is 11.8 Å². The maximum Gasteiger partial charge on any atom is 0.275 e. The van der Waals surface area contributed by atoms with Crippen LogP contribution in [-0.4, -0.2) is 23.3 Å². The van der Waals surface area contributed by atoms with Gasteiger partial charge in [0.1, 0.15) is 5.69 Å². The second kappa shape index (κ2) is 6.16. The van der Waals surface area contributed by atoms with Crippen molar-refractivity contribution < 1.29 is 9.59 Å². The van der Waals surface area contributed by atoms with Crippen LogP contribution in [0.25, 0.3) is 0 Å². The molecule has 2 aromatic rings. The Labute approximate surface area is 120 Å². The zero-order valence-electron chi connectivity index (χ0n) is 10.8. The minimum absolute atomic E-state index is 0.141. The van der Waals surface area contributed by atoms with Crippen molar-refractivity contribution >= 4 is 34.0 Å². The number of nitrogens with zero attached hydrogens (tertiary/aromatic N) is 1. The summed E-state index contributed by atoms with van der Waals surface area (Å²) in [7, 11) is 0. The highest BCUT2D eigenvalue weighted by atomic mass is 32.1. The molecule has 0 radical (unpaired) electrons. The number of rotatable bonds is 4. The van der Waals surface area contributed by atoms with E-state index >= 15 is 0 Å². The third kappa shape index (κ3) is 3.33. The molecule has 0 unspecified atom stereocenters. The summed E-state index contributed by atoms with van der Waals surface area (Å²) >= 11 is 1.21. The van der Waals surface area contributed by atoms with E-state index in [1.807, 2.05) is 6.92 Å². The van der Waals surface area contributed by atoms with Crippen molar-refractivity contribution in [1.29, 1.82) is 0 Å². The molecule has 0 atom stereocenters. The molecule has 104 valence electrons. The van der Waals surface area contributed by atoms with E-state index in [1.54, 1.807) is 29.6 Å². The minimum atomic E-state index is -0.330. The normalized spacial score (nSPS) is 10.1. The van der Waals surface area contributed by atoms with Gasteiger partial charge in [-0.15, -0.1) is 11.3 Å². The van der Waals surface area contributed by atoms with Gasteiger partial charge in [0.15, 0.2) is 5.13 Å². The number of nitrogen functional groups attached to an aromatic ring is 1. The number of nitrogens with one attached hydrogen (secondary N) is 2. The zero-order chi connectivity index (χ0) is 14.5. The third-order valence-corrected chi connectivity index (χ3v) is 3.17. The fraction of sp³-hybridized carbons (Fsp3) is 0.154. The van der Waals surface area contributed by atoms with Crippen molar-refractivity contribution in [2.24, 2.45) is 0 Å². The van der Waals surface area contributed by atoms with Gasteiger partial charge in [0.05, 0.1) is 0 Å². The molecule has 0 aliphatic rings. The largest absolute Gasteiger partial charge is 0.375 e. The summed E-state index contributed by atoms with van der Waals surface area (Å²) in [6, 6.07) is 6.63. The molecule has 1 heterocycles. The van der Waals surface area contributed by atoms with Crippen molar-refractivity contribution in [3.8, 4) is 0 Å². The lowest BCUT2D eigenvalue weighted by atomic mass is 10.2. The molecule has 2 amide bonds. The fourth-order valence-electron chi connectivity index (χ4n) is 1.55. The maximum absolute atomic E-state index is 11.8. The summed E-state index contributed by atoms with van der Waals surface area (Å²) < 4.78 is 0. The molecule has 0 bridgehead atoms. The first kappa shape index (κ1) is 14.0. The van der Waals surface area contributed by atoms with Gasteiger partial charge in [-0.3, -0.25) is 9.59 Å². The highest BCUT2D eigenvalue weighted by Gasteiger charge is 2.10. The molecular weight excluding hydrogens is 276 g/mol. The Balaban J connectivity index is 2.04. The highest BCUT2D eigenvalue weighted by molar-refractivity contribution is 7.13. The van der Waals surface area contributed by atoms with Crippen LogP contribution in [0.4, 0.5) is 10.8 Å². The van der Waals surface area contributed by atoms with E-state index in [4.69, 9.17) is 5.73 Å². The molecule has 1 aromatic heterocycles. The Morgan fingerprint density at radius 2 is 1.95 bits per heavy atom. The average molecular weight is 290 g/mol. The summed E-state index contributed by atoms with van der Waals surface area (Å²) in [5, 5.41) is 7.33. The van der Waals surface area contributed by atoms with Crippen LogP contribution in [0.2, 0.25) is 0 Å². The second-order valence-electron chi connectivity index (χ2n) is 3.96. The number of nitrogens with two attached hydrogens (primary N) is 1. The van der Waals surface area contributed by atoms with Gasteiger partial charge >= 0.3 is 0 Å². The van der Waals surface area contributed by atoms with Crippen LogP contribution >= 0.6 is 11.3 Å². The van der Waals surface area contributed by atoms with E-state index in [-0.39, 0.29) is 17.5 Å². The van der Waals surface area contributed by atoms with Gasteiger partial charge in [-0.1, -0.05) is 0 Å². The molecule has 7 heteroatoms. The van der Waals surface area contributed by atoms with Crippen molar-refractivity contribution in [3.63, 3.8) is 0 Å². The zero-order valence-corrected chi connectivity index (χ0v) is 11.7. The summed E-state index contributed by atoms with van der Waals surface area (Å²) in [4.78, 5) is 27.3. The van der Waals surface area contributed by atoms with Crippen molar-refractivity contribution in [1.82, 2.24) is 10.3 Å². The first-order chi connectivity index (χ1) is 9.60. The van der Waals surface area contributed by atoms with Crippen molar-refractivity contribution in [2.75, 3.05) is 17.6 Å². The molecule has 0 saturated heterocycles. The second-order valence-corrected chi connectivity index (χ2v) is 4.85. The quantitative estimate of drug-likeness (QED) is 0.798. The summed E-state index contributed by atoms with van der Waals surface area (Å²) in [5.74, 6) is -0.471. The van der Waals surface area contributed by atoms with Gasteiger partial charge in [-0.05, 0) is 31.2 Å². The van der Waals surface area contributed by atoms with Crippen LogP contribution < -0.4 is 16.4 Å². The van der Waals surface area contributed by atoms with E-state index in [1.165, 1.54) is 11.3 Å². The summed E-state index contributed by atoms with van der Waals surface area (Å²) in [5.41, 5.74) is 6.89. The fourth-order valence-corrected chi connectivity index (χ4v) is 2.10. The van der Waals surface area contributed by atoms with E-state index in [0.29, 0.717) is 22.9 Å². The Kier molecular flexibility index (Phi) is 4.31. The standard InChI is InChI=1S/C13H14N4O2S/c1-2-15-11(18)8-3-5-9(6-4-8)16-12(19)10-7-20-13(14)17-10/h3-7H,2H2,1H3,(H2,14,17)(H,15,18)(H,16,19). The number of benzene rings is 1. The van der Waals surface area contributed by atoms with E-state index in [0.717, 1.165) is 0 Å². The van der Waals surface area contributed by atoms with Gasteiger partial charge < -0.3 is 16.4 Å². The SMILES string of the molecule is CCNC(=O)c1ccc(NC(=O)c2csc(N)n2)cc1. The highest BCUT2D eigenvalue weighted by Crippen LogP contribution is 2.14. The molecule has 0 spiro atoms. The number of anilines is 2. The summed E-state index contributed by atoms with van der Waals surface area (Å²) in [6.45, 7) is 2.43. The number of aromatic nitrogens is 1. The monoisotopic (exact) mass is 290 g/mol. The predicted octanol–water partition coefficient (Wildman–Crippen LogP) is 1.73. The number of amides is 2. The lowest BCUT2D eigenvalue weighted by molar-refractivity contribution is 0.0955. The van der Waals surface area contributed by atoms with Gasteiger partial charge in [0, 0.05) is 23.2 Å². The molecule has 20 heavy (non-hydrogen) atoms. The van der Waals surface area contributed by atoms with Crippen molar-refractivity contribution in [3.05, 3.63) is 40.9 Å². The van der Waals surface area contributed by atoms with Gasteiger partial charge in [-0.2, -0.15) is 0 Å². The van der Waals surface area contributed by atoms with Crippen LogP contribution in [0.1, 0.15) is 27.8 Å². The molecule has 0 aliphatic carbocycles. The Bertz CT molecular complexity index is 622. The Hall–Kier alpha value is -2.41. The number of thiazole rings is 1. The average Bonchev–Trinajstić information content (AvgIpc) is 2.86. The van der Waals surface area contributed by atoms with E-state index in [2.05, 4.69) is 15.6 Å². The smallest absolute Gasteiger partial charge is 0.275 e. The number of hydrogen-bond acceptors (Lipinski definition) is 5. The molecule has 0 saturated carbocycles. The molecule has 2 rings (SSSR count). The topological polar surface area (TPSA) is 97.1 Å². The van der Waals surface area contributed by atoms with E-state index in [9.17, 15) is 9.59 Å². The Morgan fingerprint density at radius 3 is 2.50 bits per heavy atom. The molecule has 1 aromatic carbocycles. The lowest BCUT2D eigenvalue weighted by Crippen LogP contribution is -2.22. The van der Waals surface area contributed by atoms with Crippen LogP contribution in [0.5, 0.6) is 0 Å². The third-order valence-electron chi connectivity index (χ3n) is 2.50. The van der Waals surface area contributed by atoms with E-state index < -0.39 is 0 Å². The Morgan fingerprint density at radius 1 is 1.25 bits per heavy atom. The van der Waals surface area contributed by atoms with Crippen molar-refractivity contribution in [2.45, 2.75) is 6.92 Å². The first-order valence-corrected chi connectivity index (χ1v) is 6.88. The predicted molar refractivity (Wildman–Crippen MR) is 78.9 cm³/mol. The molecule has 4 N–H and O–H groups in total. The number of carbonyl (C=O) groups excluding carboxylic acids is 2.